The number of likely N-dealkylation sites (tertiary alicyclic amines) is 1. The van der Waals surface area contributed by atoms with Crippen LogP contribution in [0, 0.1) is 5.92 Å². The van der Waals surface area contributed by atoms with Gasteiger partial charge < -0.3 is 15.3 Å². The van der Waals surface area contributed by atoms with Gasteiger partial charge in [0.15, 0.2) is 0 Å². The molecule has 0 saturated carbocycles. The second-order valence-corrected chi connectivity index (χ2v) is 4.65. The molecule has 0 aromatic heterocycles. The molecule has 4 nitrogen and oxygen atoms in total. The van der Waals surface area contributed by atoms with Crippen molar-refractivity contribution in [2.24, 2.45) is 5.92 Å². The zero-order chi connectivity index (χ0) is 10.8. The summed E-state index contributed by atoms with van der Waals surface area (Å²) in [6, 6.07) is 0.364. The first kappa shape index (κ1) is 10.9. The van der Waals surface area contributed by atoms with Crippen LogP contribution in [0.15, 0.2) is 0 Å². The predicted molar refractivity (Wildman–Crippen MR) is 57.4 cm³/mol. The van der Waals surface area contributed by atoms with Crippen LogP contribution in [0.5, 0.6) is 0 Å². The van der Waals surface area contributed by atoms with Gasteiger partial charge in [0.05, 0.1) is 18.6 Å². The van der Waals surface area contributed by atoms with Crippen LogP contribution in [-0.2, 0) is 4.79 Å². The fourth-order valence-corrected chi connectivity index (χ4v) is 2.72. The van der Waals surface area contributed by atoms with Gasteiger partial charge in [-0.05, 0) is 32.7 Å². The molecule has 3 atom stereocenters. The lowest BCUT2D eigenvalue weighted by Crippen LogP contribution is -2.44. The molecular weight excluding hydrogens is 192 g/mol. The Balaban J connectivity index is 2.00. The van der Waals surface area contributed by atoms with Crippen molar-refractivity contribution < 1.29 is 9.90 Å². The van der Waals surface area contributed by atoms with Gasteiger partial charge in [0.1, 0.15) is 0 Å². The molecule has 4 heteroatoms. The third-order valence-corrected chi connectivity index (χ3v) is 3.71. The highest BCUT2D eigenvalue weighted by Crippen LogP contribution is 2.24. The number of rotatable bonds is 2. The number of nitrogens with one attached hydrogen (secondary N) is 1. The maximum atomic E-state index is 12.2. The van der Waals surface area contributed by atoms with Crippen LogP contribution in [0.25, 0.3) is 0 Å². The van der Waals surface area contributed by atoms with E-state index in [2.05, 4.69) is 12.2 Å². The summed E-state index contributed by atoms with van der Waals surface area (Å²) in [5, 5.41) is 12.5. The van der Waals surface area contributed by atoms with Crippen molar-refractivity contribution in [2.45, 2.75) is 38.3 Å². The van der Waals surface area contributed by atoms with E-state index in [9.17, 15) is 9.90 Å². The van der Waals surface area contributed by atoms with Crippen LogP contribution < -0.4 is 5.32 Å². The van der Waals surface area contributed by atoms with E-state index in [0.717, 1.165) is 32.4 Å². The largest absolute Gasteiger partial charge is 0.394 e. The second kappa shape index (κ2) is 4.49. The summed E-state index contributed by atoms with van der Waals surface area (Å²) >= 11 is 0. The minimum absolute atomic E-state index is 0.0744. The normalized spacial score (nSPS) is 36.1. The number of hydrogen-bond acceptors (Lipinski definition) is 3. The highest BCUT2D eigenvalue weighted by Gasteiger charge is 2.36. The number of carbonyl (C=O) groups excluding carboxylic acids is 1. The van der Waals surface area contributed by atoms with Crippen LogP contribution in [0.3, 0.4) is 0 Å². The summed E-state index contributed by atoms with van der Waals surface area (Å²) in [4.78, 5) is 14.1. The second-order valence-electron chi connectivity index (χ2n) is 4.65. The van der Waals surface area contributed by atoms with Gasteiger partial charge in [0, 0.05) is 12.6 Å². The quantitative estimate of drug-likeness (QED) is 0.676. The zero-order valence-corrected chi connectivity index (χ0v) is 9.28. The van der Waals surface area contributed by atoms with Crippen molar-refractivity contribution in [3.63, 3.8) is 0 Å². The fraction of sp³-hybridized carbons (Fsp3) is 0.909. The molecule has 2 aliphatic rings. The molecule has 86 valence electrons. The molecule has 0 radical (unpaired) electrons. The molecule has 2 rings (SSSR count). The molecule has 2 aliphatic heterocycles. The van der Waals surface area contributed by atoms with Crippen molar-refractivity contribution in [1.29, 1.82) is 0 Å². The SMILES string of the molecule is CC1NCCC1C(=O)N1CCCC1CO. The molecule has 2 heterocycles. The van der Waals surface area contributed by atoms with E-state index in [1.807, 2.05) is 4.90 Å². The number of hydrogen-bond donors (Lipinski definition) is 2. The molecule has 2 N–H and O–H groups in total. The Hall–Kier alpha value is -0.610. The van der Waals surface area contributed by atoms with Gasteiger partial charge in [-0.2, -0.15) is 0 Å². The van der Waals surface area contributed by atoms with Gasteiger partial charge in [0.25, 0.3) is 0 Å². The first-order valence-corrected chi connectivity index (χ1v) is 5.88. The number of nitrogens with zero attached hydrogens (tertiary/aromatic N) is 1. The summed E-state index contributed by atoms with van der Waals surface area (Å²) in [6.45, 7) is 3.95. The number of aliphatic hydroxyl groups is 1. The lowest BCUT2D eigenvalue weighted by Gasteiger charge is -2.27. The van der Waals surface area contributed by atoms with Crippen molar-refractivity contribution in [3.8, 4) is 0 Å². The number of aliphatic hydroxyl groups excluding tert-OH is 1. The first-order chi connectivity index (χ1) is 7.24. The van der Waals surface area contributed by atoms with E-state index in [4.69, 9.17) is 0 Å². The van der Waals surface area contributed by atoms with E-state index < -0.39 is 0 Å². The van der Waals surface area contributed by atoms with Crippen molar-refractivity contribution >= 4 is 5.91 Å². The van der Waals surface area contributed by atoms with Gasteiger partial charge in [-0.3, -0.25) is 4.79 Å². The maximum absolute atomic E-state index is 12.2. The Morgan fingerprint density at radius 1 is 1.53 bits per heavy atom. The van der Waals surface area contributed by atoms with E-state index >= 15 is 0 Å². The minimum atomic E-state index is 0.0744. The maximum Gasteiger partial charge on any atom is 0.227 e. The van der Waals surface area contributed by atoms with Crippen LogP contribution >= 0.6 is 0 Å². The number of carbonyl (C=O) groups is 1. The van der Waals surface area contributed by atoms with E-state index in [1.54, 1.807) is 0 Å². The van der Waals surface area contributed by atoms with Gasteiger partial charge in [-0.15, -0.1) is 0 Å². The molecule has 2 saturated heterocycles. The molecule has 3 unspecified atom stereocenters. The average Bonchev–Trinajstić information content (AvgIpc) is 2.84. The summed E-state index contributed by atoms with van der Waals surface area (Å²) in [5.74, 6) is 0.362. The van der Waals surface area contributed by atoms with Gasteiger partial charge in [-0.25, -0.2) is 0 Å². The standard InChI is InChI=1S/C11H20N2O2/c1-8-10(4-5-12-8)11(15)13-6-2-3-9(13)7-14/h8-10,12,14H,2-7H2,1H3. The highest BCUT2D eigenvalue weighted by molar-refractivity contribution is 5.80. The zero-order valence-electron chi connectivity index (χ0n) is 9.28. The average molecular weight is 212 g/mol. The van der Waals surface area contributed by atoms with Gasteiger partial charge >= 0.3 is 0 Å². The predicted octanol–water partition coefficient (Wildman–Crippen LogP) is -0.0323. The van der Waals surface area contributed by atoms with Crippen LogP contribution in [-0.4, -0.2) is 47.7 Å². The molecule has 15 heavy (non-hydrogen) atoms. The molecule has 2 fully saturated rings. The summed E-state index contributed by atoms with van der Waals surface area (Å²) in [7, 11) is 0. The Bertz CT molecular complexity index is 245. The first-order valence-electron chi connectivity index (χ1n) is 5.88. The topological polar surface area (TPSA) is 52.6 Å². The molecule has 0 bridgehead atoms. The van der Waals surface area contributed by atoms with Gasteiger partial charge in [-0.1, -0.05) is 0 Å². The van der Waals surface area contributed by atoms with Crippen LogP contribution in [0.4, 0.5) is 0 Å². The Kier molecular flexibility index (Phi) is 3.26. The third-order valence-electron chi connectivity index (χ3n) is 3.71. The van der Waals surface area contributed by atoms with Crippen LogP contribution in [0.2, 0.25) is 0 Å². The smallest absolute Gasteiger partial charge is 0.227 e. The van der Waals surface area contributed by atoms with Gasteiger partial charge in [0.2, 0.25) is 5.91 Å². The Morgan fingerprint density at radius 3 is 2.93 bits per heavy atom. The van der Waals surface area contributed by atoms with Crippen molar-refractivity contribution in [2.75, 3.05) is 19.7 Å². The molecule has 0 aromatic carbocycles. The Morgan fingerprint density at radius 2 is 2.33 bits per heavy atom. The van der Waals surface area contributed by atoms with E-state index in [1.165, 1.54) is 0 Å². The number of amides is 1. The summed E-state index contributed by atoms with van der Waals surface area (Å²) in [5.41, 5.74) is 0. The van der Waals surface area contributed by atoms with Crippen molar-refractivity contribution in [3.05, 3.63) is 0 Å². The Labute approximate surface area is 90.6 Å². The monoisotopic (exact) mass is 212 g/mol. The molecule has 0 aromatic rings. The molecule has 1 amide bonds. The summed E-state index contributed by atoms with van der Waals surface area (Å²) in [6.07, 6.45) is 2.93. The molecule has 0 aliphatic carbocycles. The lowest BCUT2D eigenvalue weighted by molar-refractivity contribution is -0.137. The lowest BCUT2D eigenvalue weighted by atomic mass is 10.00. The van der Waals surface area contributed by atoms with Crippen LogP contribution in [0.1, 0.15) is 26.2 Å². The third kappa shape index (κ3) is 2.01. The van der Waals surface area contributed by atoms with E-state index in [0.29, 0.717) is 0 Å². The minimum Gasteiger partial charge on any atom is -0.394 e. The molecular formula is C11H20N2O2. The highest BCUT2D eigenvalue weighted by atomic mass is 16.3. The summed E-state index contributed by atoms with van der Waals surface area (Å²) < 4.78 is 0. The molecule has 0 spiro atoms. The fourth-order valence-electron chi connectivity index (χ4n) is 2.72. The van der Waals surface area contributed by atoms with E-state index in [-0.39, 0.29) is 30.5 Å². The van der Waals surface area contributed by atoms with Crippen molar-refractivity contribution in [1.82, 2.24) is 10.2 Å².